The lowest BCUT2D eigenvalue weighted by Crippen LogP contribution is -2.37. The van der Waals surface area contributed by atoms with Gasteiger partial charge in [0.25, 0.3) is 0 Å². The predicted octanol–water partition coefficient (Wildman–Crippen LogP) is 3.99. The van der Waals surface area contributed by atoms with E-state index in [1.165, 1.54) is 12.1 Å². The number of rotatable bonds is 10. The van der Waals surface area contributed by atoms with Crippen molar-refractivity contribution in [1.82, 2.24) is 10.2 Å². The first-order valence-corrected chi connectivity index (χ1v) is 10.7. The van der Waals surface area contributed by atoms with Gasteiger partial charge in [-0.2, -0.15) is 0 Å². The van der Waals surface area contributed by atoms with E-state index in [0.717, 1.165) is 61.4 Å². The molecule has 7 heteroatoms. The van der Waals surface area contributed by atoms with Crippen molar-refractivity contribution < 1.29 is 18.6 Å². The Kier molecular flexibility index (Phi) is 8.73. The highest BCUT2D eigenvalue weighted by atomic mass is 79.9. The monoisotopic (exact) mass is 466 g/mol. The lowest BCUT2D eigenvalue weighted by Gasteiger charge is -2.26. The lowest BCUT2D eigenvalue weighted by molar-refractivity contribution is 0.0374. The molecule has 3 rings (SSSR count). The van der Waals surface area contributed by atoms with Gasteiger partial charge in [-0.1, -0.05) is 28.1 Å². The van der Waals surface area contributed by atoms with Gasteiger partial charge in [0.1, 0.15) is 12.4 Å². The van der Waals surface area contributed by atoms with Crippen LogP contribution in [0.1, 0.15) is 17.5 Å². The standard InChI is InChI=1S/C22H28BrFN2O3/c1-27-21-8-7-20(23)19(15-25-9-2-10-26-11-13-28-14-12-26)22(21)29-16-17-3-5-18(24)6-4-17/h3-8,25H,2,9-16H2,1H3. The fourth-order valence-electron chi connectivity index (χ4n) is 3.27. The first-order chi connectivity index (χ1) is 14.2. The molecule has 0 aromatic heterocycles. The summed E-state index contributed by atoms with van der Waals surface area (Å²) in [5.41, 5.74) is 1.91. The average molecular weight is 467 g/mol. The van der Waals surface area contributed by atoms with Gasteiger partial charge in [-0.05, 0) is 49.3 Å². The molecule has 0 bridgehead atoms. The minimum atomic E-state index is -0.254. The van der Waals surface area contributed by atoms with Gasteiger partial charge in [-0.15, -0.1) is 0 Å². The molecular weight excluding hydrogens is 439 g/mol. The molecule has 0 atom stereocenters. The van der Waals surface area contributed by atoms with Crippen molar-refractivity contribution in [3.05, 3.63) is 57.8 Å². The van der Waals surface area contributed by atoms with Crippen molar-refractivity contribution in [2.45, 2.75) is 19.6 Å². The van der Waals surface area contributed by atoms with Gasteiger partial charge in [0.05, 0.1) is 20.3 Å². The van der Waals surface area contributed by atoms with Crippen LogP contribution in [-0.2, 0) is 17.9 Å². The molecule has 0 saturated carbocycles. The van der Waals surface area contributed by atoms with E-state index in [0.29, 0.717) is 24.7 Å². The molecule has 1 aliphatic rings. The summed E-state index contributed by atoms with van der Waals surface area (Å²) < 4.78 is 31.1. The molecule has 1 fully saturated rings. The Morgan fingerprint density at radius 1 is 1.14 bits per heavy atom. The maximum atomic E-state index is 13.1. The Bertz CT molecular complexity index is 767. The third kappa shape index (κ3) is 6.67. The van der Waals surface area contributed by atoms with Crippen LogP contribution in [0.2, 0.25) is 0 Å². The molecule has 1 saturated heterocycles. The van der Waals surface area contributed by atoms with E-state index in [2.05, 4.69) is 26.1 Å². The molecule has 158 valence electrons. The van der Waals surface area contributed by atoms with Gasteiger partial charge in [-0.3, -0.25) is 4.90 Å². The van der Waals surface area contributed by atoms with E-state index < -0.39 is 0 Å². The zero-order chi connectivity index (χ0) is 20.5. The molecule has 1 heterocycles. The van der Waals surface area contributed by atoms with Crippen molar-refractivity contribution >= 4 is 15.9 Å². The number of nitrogens with one attached hydrogen (secondary N) is 1. The second-order valence-electron chi connectivity index (χ2n) is 6.96. The van der Waals surface area contributed by atoms with Gasteiger partial charge >= 0.3 is 0 Å². The second-order valence-corrected chi connectivity index (χ2v) is 7.81. The Morgan fingerprint density at radius 3 is 2.62 bits per heavy atom. The summed E-state index contributed by atoms with van der Waals surface area (Å²) >= 11 is 3.63. The fourth-order valence-corrected chi connectivity index (χ4v) is 3.72. The lowest BCUT2D eigenvalue weighted by atomic mass is 10.1. The number of nitrogens with zero attached hydrogens (tertiary/aromatic N) is 1. The maximum Gasteiger partial charge on any atom is 0.167 e. The maximum absolute atomic E-state index is 13.1. The van der Waals surface area contributed by atoms with Crippen LogP contribution in [0.4, 0.5) is 4.39 Å². The van der Waals surface area contributed by atoms with Crippen LogP contribution < -0.4 is 14.8 Å². The molecular formula is C22H28BrFN2O3. The smallest absolute Gasteiger partial charge is 0.167 e. The third-order valence-corrected chi connectivity index (χ3v) is 5.66. The minimum absolute atomic E-state index is 0.254. The molecule has 2 aromatic carbocycles. The quantitative estimate of drug-likeness (QED) is 0.536. The van der Waals surface area contributed by atoms with Crippen LogP contribution in [0, 0.1) is 5.82 Å². The number of halogens is 2. The summed E-state index contributed by atoms with van der Waals surface area (Å²) in [7, 11) is 1.63. The molecule has 29 heavy (non-hydrogen) atoms. The summed E-state index contributed by atoms with van der Waals surface area (Å²) in [5.74, 6) is 1.13. The molecule has 1 N–H and O–H groups in total. The average Bonchev–Trinajstić information content (AvgIpc) is 2.75. The molecule has 0 unspecified atom stereocenters. The Labute approximate surface area is 180 Å². The highest BCUT2D eigenvalue weighted by Crippen LogP contribution is 2.36. The normalized spacial score (nSPS) is 14.7. The van der Waals surface area contributed by atoms with E-state index in [-0.39, 0.29) is 5.82 Å². The Morgan fingerprint density at radius 2 is 1.90 bits per heavy atom. The summed E-state index contributed by atoms with van der Waals surface area (Å²) in [6.07, 6.45) is 1.08. The topological polar surface area (TPSA) is 43.0 Å². The zero-order valence-corrected chi connectivity index (χ0v) is 18.3. The summed E-state index contributed by atoms with van der Waals surface area (Å²) in [5, 5.41) is 3.51. The molecule has 0 amide bonds. The van der Waals surface area contributed by atoms with Gasteiger partial charge in [0.2, 0.25) is 0 Å². The number of morpholine rings is 1. The van der Waals surface area contributed by atoms with Gasteiger partial charge in [0, 0.05) is 29.7 Å². The van der Waals surface area contributed by atoms with Gasteiger partial charge in [0.15, 0.2) is 11.5 Å². The molecule has 0 aliphatic carbocycles. The molecule has 0 spiro atoms. The Balaban J connectivity index is 1.56. The number of methoxy groups -OCH3 is 1. The largest absolute Gasteiger partial charge is 0.493 e. The van der Waals surface area contributed by atoms with Crippen molar-refractivity contribution in [2.75, 3.05) is 46.5 Å². The minimum Gasteiger partial charge on any atom is -0.493 e. The highest BCUT2D eigenvalue weighted by Gasteiger charge is 2.15. The highest BCUT2D eigenvalue weighted by molar-refractivity contribution is 9.10. The number of benzene rings is 2. The third-order valence-electron chi connectivity index (χ3n) is 4.92. The van der Waals surface area contributed by atoms with Crippen LogP contribution in [0.15, 0.2) is 40.9 Å². The number of hydrogen-bond donors (Lipinski definition) is 1. The molecule has 0 radical (unpaired) electrons. The van der Waals surface area contributed by atoms with Crippen molar-refractivity contribution in [3.8, 4) is 11.5 Å². The second kappa shape index (κ2) is 11.5. The van der Waals surface area contributed by atoms with Crippen molar-refractivity contribution in [3.63, 3.8) is 0 Å². The number of hydrogen-bond acceptors (Lipinski definition) is 5. The van der Waals surface area contributed by atoms with Crippen LogP contribution in [-0.4, -0.2) is 51.4 Å². The van der Waals surface area contributed by atoms with Crippen LogP contribution in [0.3, 0.4) is 0 Å². The molecule has 2 aromatic rings. The van der Waals surface area contributed by atoms with Crippen LogP contribution in [0.5, 0.6) is 11.5 Å². The molecule has 1 aliphatic heterocycles. The summed E-state index contributed by atoms with van der Waals surface area (Å²) in [6.45, 7) is 6.70. The predicted molar refractivity (Wildman–Crippen MR) is 115 cm³/mol. The SMILES string of the molecule is COc1ccc(Br)c(CNCCCN2CCOCC2)c1OCc1ccc(F)cc1. The van der Waals surface area contributed by atoms with Gasteiger partial charge in [-0.25, -0.2) is 4.39 Å². The van der Waals surface area contributed by atoms with Crippen LogP contribution in [0.25, 0.3) is 0 Å². The van der Waals surface area contributed by atoms with E-state index in [4.69, 9.17) is 14.2 Å². The van der Waals surface area contributed by atoms with E-state index in [1.807, 2.05) is 12.1 Å². The van der Waals surface area contributed by atoms with E-state index >= 15 is 0 Å². The number of ether oxygens (including phenoxy) is 3. The molecule has 5 nitrogen and oxygen atoms in total. The summed E-state index contributed by atoms with van der Waals surface area (Å²) in [4.78, 5) is 2.43. The zero-order valence-electron chi connectivity index (χ0n) is 16.8. The Hall–Kier alpha value is -1.67. The van der Waals surface area contributed by atoms with Crippen molar-refractivity contribution in [2.24, 2.45) is 0 Å². The fraction of sp³-hybridized carbons (Fsp3) is 0.455. The first kappa shape index (κ1) is 22.0. The first-order valence-electron chi connectivity index (χ1n) is 9.91. The van der Waals surface area contributed by atoms with Crippen LogP contribution >= 0.6 is 15.9 Å². The summed E-state index contributed by atoms with van der Waals surface area (Å²) in [6, 6.07) is 10.2. The van der Waals surface area contributed by atoms with E-state index in [9.17, 15) is 4.39 Å². The van der Waals surface area contributed by atoms with E-state index in [1.54, 1.807) is 19.2 Å². The van der Waals surface area contributed by atoms with Crippen molar-refractivity contribution in [1.29, 1.82) is 0 Å². The van der Waals surface area contributed by atoms with Gasteiger partial charge < -0.3 is 19.5 Å².